The van der Waals surface area contributed by atoms with Crippen LogP contribution in [0.1, 0.15) is 25.1 Å². The Hall–Kier alpha value is 0.799. The summed E-state index contributed by atoms with van der Waals surface area (Å²) in [6.07, 6.45) is 3.13. The van der Waals surface area contributed by atoms with Gasteiger partial charge in [0.1, 0.15) is 0 Å². The average molecular weight is 676 g/mol. The van der Waals surface area contributed by atoms with Crippen LogP contribution in [-0.2, 0) is 25.0 Å². The van der Waals surface area contributed by atoms with Crippen LogP contribution in [0.25, 0.3) is 11.3 Å². The van der Waals surface area contributed by atoms with Gasteiger partial charge in [0.05, 0.1) is 38.0 Å². The molecule has 0 spiro atoms. The standard InChI is InChI=1S/C24H22N4O8S2.3K/c1-14(22-16(3)26-28(24(22)30)18-7-11-20(12-8-18)38(34,35)36)4-13-21-15(2)25-27(23(21)29)17-5-9-19(10-6-17)37(31,32)33;;;/h4-13,26H,1-3H3,(H,31,32,33)(H,34,35,36);;;. The van der Waals surface area contributed by atoms with Crippen LogP contribution in [0.2, 0.25) is 0 Å². The van der Waals surface area contributed by atoms with Gasteiger partial charge in [-0.2, -0.15) is 26.9 Å². The Morgan fingerprint density at radius 3 is 1.76 bits per heavy atom. The molecule has 1 aliphatic heterocycles. The molecular formula is C24H22K3N4O8S2. The Balaban J connectivity index is 0.00000280. The average Bonchev–Trinajstić information content (AvgIpc) is 3.30. The van der Waals surface area contributed by atoms with Gasteiger partial charge >= 0.3 is 0 Å². The second kappa shape index (κ2) is 15.9. The third kappa shape index (κ3) is 9.18. The summed E-state index contributed by atoms with van der Waals surface area (Å²) in [6.45, 7) is 5.01. The van der Waals surface area contributed by atoms with Gasteiger partial charge in [-0.1, -0.05) is 6.08 Å². The van der Waals surface area contributed by atoms with Crippen LogP contribution in [0, 0.1) is 6.92 Å². The first-order valence-electron chi connectivity index (χ1n) is 10.9. The number of hydrogen-bond acceptors (Lipinski definition) is 7. The maximum atomic E-state index is 13.1. The Morgan fingerprint density at radius 2 is 1.29 bits per heavy atom. The van der Waals surface area contributed by atoms with Gasteiger partial charge in [-0.15, -0.1) is 0 Å². The van der Waals surface area contributed by atoms with E-state index in [0.29, 0.717) is 33.9 Å². The molecule has 3 aromatic rings. The SMILES string of the molecule is CC(=CC=C1C(=O)N(c2ccc(S(=O)(=O)O)cc2)N=C1C)c1c(C)[nH]n(-c2ccc(S(=O)(=O)O)cc2)c1=O.[K].[K].[K]. The molecule has 17 heteroatoms. The number of nitrogens with one attached hydrogen (secondary N) is 1. The molecule has 0 atom stereocenters. The van der Waals surface area contributed by atoms with Crippen molar-refractivity contribution in [2.75, 3.05) is 5.01 Å². The number of aromatic amines is 1. The number of rotatable bonds is 6. The van der Waals surface area contributed by atoms with Crippen LogP contribution in [0.5, 0.6) is 0 Å². The van der Waals surface area contributed by atoms with Crippen LogP contribution < -0.4 is 10.6 Å². The first kappa shape index (κ1) is 39.8. The van der Waals surface area contributed by atoms with E-state index < -0.39 is 31.7 Å². The smallest absolute Gasteiger partial charge is 0.294 e. The topological polar surface area (TPSA) is 179 Å². The van der Waals surface area contributed by atoms with Crippen LogP contribution in [0.4, 0.5) is 5.69 Å². The van der Waals surface area contributed by atoms with Gasteiger partial charge < -0.3 is 0 Å². The summed E-state index contributed by atoms with van der Waals surface area (Å²) in [5, 5.41) is 8.25. The number of hydrogen-bond donors (Lipinski definition) is 3. The van der Waals surface area contributed by atoms with Crippen molar-refractivity contribution in [3.05, 3.63) is 87.9 Å². The fourth-order valence-corrected chi connectivity index (χ4v) is 4.86. The maximum absolute atomic E-state index is 13.1. The predicted molar refractivity (Wildman–Crippen MR) is 157 cm³/mol. The molecular weight excluding hydrogens is 654 g/mol. The quantitative estimate of drug-likeness (QED) is 0.200. The Bertz CT molecular complexity index is 1830. The summed E-state index contributed by atoms with van der Waals surface area (Å²) >= 11 is 0. The molecule has 2 aromatic carbocycles. The molecule has 1 amide bonds. The molecule has 3 N–H and O–H groups in total. The van der Waals surface area contributed by atoms with Gasteiger partial charge in [-0.25, -0.2) is 4.68 Å². The molecule has 12 nitrogen and oxygen atoms in total. The van der Waals surface area contributed by atoms with Crippen molar-refractivity contribution in [2.45, 2.75) is 30.6 Å². The molecule has 1 aliphatic rings. The zero-order valence-corrected chi connectivity index (χ0v) is 34.3. The number of nitrogens with zero attached hydrogens (tertiary/aromatic N) is 3. The number of benzene rings is 2. The monoisotopic (exact) mass is 675 g/mol. The molecule has 0 saturated carbocycles. The largest absolute Gasteiger partial charge is 0.295 e. The molecule has 0 aliphatic carbocycles. The Labute approximate surface area is 364 Å². The summed E-state index contributed by atoms with van der Waals surface area (Å²) in [5.74, 6) is -0.465. The zero-order chi connectivity index (χ0) is 28.0. The third-order valence-corrected chi connectivity index (χ3v) is 7.54. The van der Waals surface area contributed by atoms with Crippen LogP contribution >= 0.6 is 0 Å². The molecule has 0 saturated heterocycles. The Morgan fingerprint density at radius 1 is 0.829 bits per heavy atom. The number of carbonyl (C=O) groups excluding carboxylic acids is 1. The van der Waals surface area contributed by atoms with E-state index in [4.69, 9.17) is 9.11 Å². The van der Waals surface area contributed by atoms with E-state index in [1.165, 1.54) is 47.2 Å². The van der Waals surface area contributed by atoms with Crippen LogP contribution in [-0.4, -0.2) is 201 Å². The number of anilines is 1. The van der Waals surface area contributed by atoms with E-state index in [1.54, 1.807) is 26.8 Å². The van der Waals surface area contributed by atoms with Crippen molar-refractivity contribution in [1.29, 1.82) is 0 Å². The fraction of sp³-hybridized carbons (Fsp3) is 0.125. The molecule has 41 heavy (non-hydrogen) atoms. The minimum atomic E-state index is -4.38. The van der Waals surface area contributed by atoms with Crippen molar-refractivity contribution >= 4 is 197 Å². The minimum absolute atomic E-state index is 0. The molecule has 3 radical (unpaired) electrons. The van der Waals surface area contributed by atoms with Gasteiger partial charge in [0.15, 0.2) is 0 Å². The summed E-state index contributed by atoms with van der Waals surface area (Å²) in [4.78, 5) is 25.5. The predicted octanol–water partition coefficient (Wildman–Crippen LogP) is 1.58. The fourth-order valence-electron chi connectivity index (χ4n) is 3.90. The molecule has 4 rings (SSSR count). The van der Waals surface area contributed by atoms with Crippen molar-refractivity contribution < 1.29 is 30.7 Å². The number of aryl methyl sites for hydroxylation is 1. The van der Waals surface area contributed by atoms with E-state index in [9.17, 15) is 26.4 Å². The second-order valence-corrected chi connectivity index (χ2v) is 11.3. The third-order valence-electron chi connectivity index (χ3n) is 5.80. The maximum Gasteiger partial charge on any atom is 0.294 e. The van der Waals surface area contributed by atoms with E-state index >= 15 is 0 Å². The van der Waals surface area contributed by atoms with Gasteiger partial charge in [0, 0.05) is 160 Å². The van der Waals surface area contributed by atoms with E-state index in [1.807, 2.05) is 0 Å². The number of allylic oxidation sites excluding steroid dienone is 3. The number of carbonyl (C=O) groups is 1. The first-order valence-corrected chi connectivity index (χ1v) is 13.8. The van der Waals surface area contributed by atoms with E-state index in [-0.39, 0.29) is 170 Å². The van der Waals surface area contributed by atoms with Gasteiger partial charge in [-0.3, -0.25) is 23.8 Å². The number of aromatic nitrogens is 2. The summed E-state index contributed by atoms with van der Waals surface area (Å²) in [5.41, 5.74) is 2.34. The van der Waals surface area contributed by atoms with Gasteiger partial charge in [-0.05, 0) is 81.0 Å². The van der Waals surface area contributed by atoms with Crippen molar-refractivity contribution in [3.8, 4) is 5.69 Å². The van der Waals surface area contributed by atoms with Crippen molar-refractivity contribution in [2.24, 2.45) is 5.10 Å². The molecule has 1 aromatic heterocycles. The van der Waals surface area contributed by atoms with Crippen LogP contribution in [0.15, 0.2) is 85.9 Å². The van der Waals surface area contributed by atoms with Crippen molar-refractivity contribution in [1.82, 2.24) is 9.78 Å². The molecule has 201 valence electrons. The van der Waals surface area contributed by atoms with Gasteiger partial charge in [0.25, 0.3) is 31.7 Å². The van der Waals surface area contributed by atoms with Gasteiger partial charge in [0.2, 0.25) is 0 Å². The summed E-state index contributed by atoms with van der Waals surface area (Å²) < 4.78 is 64.6. The number of hydrazone groups is 1. The number of amides is 1. The van der Waals surface area contributed by atoms with E-state index in [0.717, 1.165) is 17.1 Å². The minimum Gasteiger partial charge on any atom is -0.295 e. The summed E-state index contributed by atoms with van der Waals surface area (Å²) in [7, 11) is -8.75. The summed E-state index contributed by atoms with van der Waals surface area (Å²) in [6, 6.07) is 10.1. The normalized spacial score (nSPS) is 14.7. The Kier molecular flexibility index (Phi) is 15.4. The molecule has 0 unspecified atom stereocenters. The molecule has 0 bridgehead atoms. The molecule has 0 fully saturated rings. The molecule has 2 heterocycles. The second-order valence-electron chi connectivity index (χ2n) is 8.42. The first-order chi connectivity index (χ1) is 17.7. The van der Waals surface area contributed by atoms with E-state index in [2.05, 4.69) is 10.2 Å². The van der Waals surface area contributed by atoms with Crippen LogP contribution in [0.3, 0.4) is 0 Å². The number of H-pyrrole nitrogens is 1. The zero-order valence-electron chi connectivity index (χ0n) is 23.3. The van der Waals surface area contributed by atoms with Crippen molar-refractivity contribution in [3.63, 3.8) is 0 Å².